The third-order valence-corrected chi connectivity index (χ3v) is 3.50. The lowest BCUT2D eigenvalue weighted by atomic mass is 9.88. The summed E-state index contributed by atoms with van der Waals surface area (Å²) in [6.45, 7) is 6.60. The highest BCUT2D eigenvalue weighted by molar-refractivity contribution is 5.53. The molecule has 0 N–H and O–H groups in total. The first kappa shape index (κ1) is 11.5. The van der Waals surface area contributed by atoms with Crippen LogP contribution in [0.3, 0.4) is 0 Å². The second-order valence-electron chi connectivity index (χ2n) is 4.77. The molecule has 0 amide bonds. The van der Waals surface area contributed by atoms with Crippen LogP contribution in [0.1, 0.15) is 46.5 Å². The molecule has 0 saturated heterocycles. The van der Waals surface area contributed by atoms with E-state index < -0.39 is 0 Å². The van der Waals surface area contributed by atoms with Crippen molar-refractivity contribution in [2.24, 2.45) is 17.8 Å². The van der Waals surface area contributed by atoms with Crippen LogP contribution in [0.5, 0.6) is 0 Å². The van der Waals surface area contributed by atoms with Gasteiger partial charge in [-0.2, -0.15) is 0 Å². The van der Waals surface area contributed by atoms with E-state index in [1.807, 2.05) is 6.92 Å². The van der Waals surface area contributed by atoms with Gasteiger partial charge in [0.25, 0.3) is 0 Å². The van der Waals surface area contributed by atoms with Crippen molar-refractivity contribution in [1.82, 2.24) is 0 Å². The maximum absolute atomic E-state index is 10.5. The molecule has 14 heavy (non-hydrogen) atoms. The molecule has 0 aromatic rings. The molecule has 0 bridgehead atoms. The third kappa shape index (κ3) is 2.97. The van der Waals surface area contributed by atoms with Crippen LogP contribution in [0.15, 0.2) is 11.6 Å². The zero-order valence-electron chi connectivity index (χ0n) is 9.62. The van der Waals surface area contributed by atoms with E-state index in [1.54, 1.807) is 0 Å². The summed E-state index contributed by atoms with van der Waals surface area (Å²) in [4.78, 5) is 10.5. The molecule has 1 aliphatic rings. The van der Waals surface area contributed by atoms with Crippen LogP contribution in [0.25, 0.3) is 0 Å². The average Bonchev–Trinajstić information content (AvgIpc) is 2.65. The second kappa shape index (κ2) is 5.33. The van der Waals surface area contributed by atoms with Crippen molar-refractivity contribution in [3.8, 4) is 0 Å². The van der Waals surface area contributed by atoms with E-state index >= 15 is 0 Å². The fourth-order valence-electron chi connectivity index (χ4n) is 2.22. The maximum Gasteiger partial charge on any atom is 0.123 e. The molecule has 0 spiro atoms. The van der Waals surface area contributed by atoms with Gasteiger partial charge in [-0.15, -0.1) is 0 Å². The summed E-state index contributed by atoms with van der Waals surface area (Å²) in [5.41, 5.74) is 1.51. The minimum Gasteiger partial charge on any atom is -0.303 e. The summed E-state index contributed by atoms with van der Waals surface area (Å²) in [6.07, 6.45) is 8.14. The molecule has 1 rings (SSSR count). The second-order valence-corrected chi connectivity index (χ2v) is 4.77. The Balaban J connectivity index is 2.36. The lowest BCUT2D eigenvalue weighted by Gasteiger charge is -2.17. The van der Waals surface area contributed by atoms with E-state index in [1.165, 1.54) is 24.8 Å². The van der Waals surface area contributed by atoms with Gasteiger partial charge in [-0.1, -0.05) is 38.8 Å². The van der Waals surface area contributed by atoms with Gasteiger partial charge in [-0.25, -0.2) is 0 Å². The Hall–Kier alpha value is -0.590. The average molecular weight is 194 g/mol. The van der Waals surface area contributed by atoms with Crippen LogP contribution in [0, 0.1) is 17.8 Å². The number of aldehydes is 1. The number of hydrogen-bond donors (Lipinski definition) is 0. The van der Waals surface area contributed by atoms with E-state index in [0.717, 1.165) is 24.5 Å². The van der Waals surface area contributed by atoms with Gasteiger partial charge in [-0.3, -0.25) is 0 Å². The molecule has 0 heterocycles. The predicted molar refractivity (Wildman–Crippen MR) is 60.1 cm³/mol. The Morgan fingerprint density at radius 2 is 2.29 bits per heavy atom. The zero-order valence-corrected chi connectivity index (χ0v) is 9.62. The highest BCUT2D eigenvalue weighted by atomic mass is 16.1. The summed E-state index contributed by atoms with van der Waals surface area (Å²) < 4.78 is 0. The van der Waals surface area contributed by atoms with Gasteiger partial charge in [0.15, 0.2) is 0 Å². The largest absolute Gasteiger partial charge is 0.303 e. The number of hydrogen-bond acceptors (Lipinski definition) is 1. The van der Waals surface area contributed by atoms with Crippen LogP contribution in [-0.4, -0.2) is 6.29 Å². The smallest absolute Gasteiger partial charge is 0.123 e. The van der Waals surface area contributed by atoms with E-state index in [2.05, 4.69) is 19.9 Å². The van der Waals surface area contributed by atoms with Crippen molar-refractivity contribution in [3.63, 3.8) is 0 Å². The number of carbonyl (C=O) groups excluding carboxylic acids is 1. The molecule has 80 valence electrons. The summed E-state index contributed by atoms with van der Waals surface area (Å²) >= 11 is 0. The molecule has 0 aliphatic heterocycles. The lowest BCUT2D eigenvalue weighted by molar-refractivity contribution is -0.110. The molecule has 0 radical (unpaired) electrons. The van der Waals surface area contributed by atoms with Gasteiger partial charge in [0, 0.05) is 5.92 Å². The first-order chi connectivity index (χ1) is 6.67. The summed E-state index contributed by atoms with van der Waals surface area (Å²) in [5, 5.41) is 0. The fraction of sp³-hybridized carbons (Fsp3) is 0.769. The van der Waals surface area contributed by atoms with Gasteiger partial charge in [0.05, 0.1) is 0 Å². The zero-order chi connectivity index (χ0) is 10.6. The number of carbonyl (C=O) groups is 1. The normalized spacial score (nSPS) is 25.6. The minimum atomic E-state index is 0.205. The molecule has 0 fully saturated rings. The first-order valence-electron chi connectivity index (χ1n) is 5.80. The Labute approximate surface area is 87.6 Å². The molecule has 1 nitrogen and oxygen atoms in total. The number of allylic oxidation sites excluding steroid dienone is 2. The standard InChI is InChI=1S/C13H22O/c1-4-11(3)13-6-5-12(8-13)7-10(2)9-14/h5,9-11,13H,4,6-8H2,1-3H3. The van der Waals surface area contributed by atoms with Crippen LogP contribution in [0.4, 0.5) is 0 Å². The van der Waals surface area contributed by atoms with E-state index in [4.69, 9.17) is 0 Å². The molecule has 0 aromatic heterocycles. The van der Waals surface area contributed by atoms with Gasteiger partial charge in [0.1, 0.15) is 6.29 Å². The summed E-state index contributed by atoms with van der Waals surface area (Å²) in [6, 6.07) is 0. The van der Waals surface area contributed by atoms with Crippen LogP contribution < -0.4 is 0 Å². The molecule has 3 unspecified atom stereocenters. The van der Waals surface area contributed by atoms with Crippen molar-refractivity contribution in [1.29, 1.82) is 0 Å². The Morgan fingerprint density at radius 1 is 1.57 bits per heavy atom. The van der Waals surface area contributed by atoms with Gasteiger partial charge < -0.3 is 4.79 Å². The van der Waals surface area contributed by atoms with Crippen molar-refractivity contribution < 1.29 is 4.79 Å². The monoisotopic (exact) mass is 194 g/mol. The van der Waals surface area contributed by atoms with Crippen molar-refractivity contribution in [3.05, 3.63) is 11.6 Å². The van der Waals surface area contributed by atoms with Gasteiger partial charge in [-0.05, 0) is 31.1 Å². The maximum atomic E-state index is 10.5. The van der Waals surface area contributed by atoms with Crippen LogP contribution >= 0.6 is 0 Å². The van der Waals surface area contributed by atoms with E-state index in [-0.39, 0.29) is 5.92 Å². The Morgan fingerprint density at radius 3 is 2.86 bits per heavy atom. The summed E-state index contributed by atoms with van der Waals surface area (Å²) in [7, 11) is 0. The minimum absolute atomic E-state index is 0.205. The highest BCUT2D eigenvalue weighted by Gasteiger charge is 2.22. The molecule has 1 heteroatoms. The quantitative estimate of drug-likeness (QED) is 0.483. The topological polar surface area (TPSA) is 17.1 Å². The lowest BCUT2D eigenvalue weighted by Crippen LogP contribution is -2.07. The number of rotatable bonds is 5. The van der Waals surface area contributed by atoms with Gasteiger partial charge in [0.2, 0.25) is 0 Å². The Kier molecular flexibility index (Phi) is 4.37. The third-order valence-electron chi connectivity index (χ3n) is 3.50. The molecular weight excluding hydrogens is 172 g/mol. The van der Waals surface area contributed by atoms with Crippen molar-refractivity contribution >= 4 is 6.29 Å². The highest BCUT2D eigenvalue weighted by Crippen LogP contribution is 2.34. The SMILES string of the molecule is CCC(C)C1CC=C(CC(C)C=O)C1. The molecular formula is C13H22O. The van der Waals surface area contributed by atoms with Crippen LogP contribution in [-0.2, 0) is 4.79 Å². The van der Waals surface area contributed by atoms with Crippen molar-refractivity contribution in [2.45, 2.75) is 46.5 Å². The molecule has 0 aromatic carbocycles. The van der Waals surface area contributed by atoms with Crippen molar-refractivity contribution in [2.75, 3.05) is 0 Å². The predicted octanol–water partition coefficient (Wildman–Crippen LogP) is 3.59. The molecule has 1 aliphatic carbocycles. The van der Waals surface area contributed by atoms with E-state index in [9.17, 15) is 4.79 Å². The first-order valence-corrected chi connectivity index (χ1v) is 5.80. The molecule has 3 atom stereocenters. The van der Waals surface area contributed by atoms with Crippen LogP contribution in [0.2, 0.25) is 0 Å². The van der Waals surface area contributed by atoms with Gasteiger partial charge >= 0.3 is 0 Å². The summed E-state index contributed by atoms with van der Waals surface area (Å²) in [5.74, 6) is 1.88. The Bertz CT molecular complexity index is 217. The van der Waals surface area contributed by atoms with E-state index in [0.29, 0.717) is 0 Å². The molecule has 0 saturated carbocycles. The fourth-order valence-corrected chi connectivity index (χ4v) is 2.22.